The van der Waals surface area contributed by atoms with Crippen molar-refractivity contribution in [3.8, 4) is 11.8 Å². The number of fused-ring (bicyclic) bond motifs is 3. The molecule has 0 saturated heterocycles. The van der Waals surface area contributed by atoms with E-state index >= 15 is 0 Å². The van der Waals surface area contributed by atoms with Crippen molar-refractivity contribution in [2.24, 2.45) is 0 Å². The summed E-state index contributed by atoms with van der Waals surface area (Å²) >= 11 is 4.22. The summed E-state index contributed by atoms with van der Waals surface area (Å²) in [5.41, 5.74) is 3.18. The van der Waals surface area contributed by atoms with Gasteiger partial charge in [0.2, 0.25) is 5.91 Å². The highest BCUT2D eigenvalue weighted by Gasteiger charge is 2.24. The predicted octanol–water partition coefficient (Wildman–Crippen LogP) is 5.22. The molecule has 6 nitrogen and oxygen atoms in total. The van der Waals surface area contributed by atoms with E-state index in [0.717, 1.165) is 45.8 Å². The summed E-state index contributed by atoms with van der Waals surface area (Å²) in [4.78, 5) is 34.2. The minimum atomic E-state index is -0.236. The highest BCUT2D eigenvalue weighted by molar-refractivity contribution is 7.99. The lowest BCUT2D eigenvalue weighted by Crippen LogP contribution is -2.23. The summed E-state index contributed by atoms with van der Waals surface area (Å²) in [6, 6.07) is 11.6. The molecule has 33 heavy (non-hydrogen) atoms. The van der Waals surface area contributed by atoms with Gasteiger partial charge < -0.3 is 5.32 Å². The molecule has 4 aromatic rings. The third-order valence-corrected chi connectivity index (χ3v) is 9.05. The zero-order valence-electron chi connectivity index (χ0n) is 18.1. The molecule has 1 N–H and O–H groups in total. The van der Waals surface area contributed by atoms with E-state index in [9.17, 15) is 14.9 Å². The maximum absolute atomic E-state index is 13.6. The number of anilines is 1. The van der Waals surface area contributed by atoms with Crippen LogP contribution in [0.2, 0.25) is 0 Å². The number of hydrogen-bond donors (Lipinski definition) is 1. The first kappa shape index (κ1) is 21.9. The number of nitriles is 1. The number of benzene rings is 1. The van der Waals surface area contributed by atoms with E-state index in [2.05, 4.69) is 11.4 Å². The van der Waals surface area contributed by atoms with E-state index in [1.165, 1.54) is 28.0 Å². The fourth-order valence-electron chi connectivity index (χ4n) is 4.07. The number of hydrogen-bond acceptors (Lipinski definition) is 7. The van der Waals surface area contributed by atoms with Crippen LogP contribution in [0.4, 0.5) is 5.00 Å². The quantitative estimate of drug-likeness (QED) is 0.305. The van der Waals surface area contributed by atoms with Crippen LogP contribution >= 0.6 is 34.4 Å². The molecule has 1 aliphatic rings. The van der Waals surface area contributed by atoms with Crippen molar-refractivity contribution in [1.29, 1.82) is 5.26 Å². The van der Waals surface area contributed by atoms with Crippen LogP contribution < -0.4 is 10.9 Å². The molecule has 0 atom stereocenters. The van der Waals surface area contributed by atoms with Crippen molar-refractivity contribution in [2.45, 2.75) is 38.3 Å². The molecule has 0 saturated carbocycles. The molecule has 1 aliphatic carbocycles. The molecule has 166 valence electrons. The normalized spacial score (nSPS) is 12.6. The molecular formula is C24H20N4O2S3. The number of amides is 1. The van der Waals surface area contributed by atoms with E-state index in [4.69, 9.17) is 4.98 Å². The molecule has 0 aliphatic heterocycles. The molecule has 0 unspecified atom stereocenters. The molecule has 3 heterocycles. The Morgan fingerprint density at radius 3 is 2.79 bits per heavy atom. The Labute approximate surface area is 202 Å². The lowest BCUT2D eigenvalue weighted by molar-refractivity contribution is -0.113. The fraction of sp³-hybridized carbons (Fsp3) is 0.250. The molecule has 9 heteroatoms. The molecular weight excluding hydrogens is 472 g/mol. The van der Waals surface area contributed by atoms with Crippen molar-refractivity contribution in [1.82, 2.24) is 9.55 Å². The Hall–Kier alpha value is -2.93. The molecule has 5 rings (SSSR count). The standard InChI is InChI=1S/C24H20N4O2S3/c1-13-14(2)32-21(17(13)11-25)26-19(29)12-31-24-27-22-20(16-9-6-10-18(16)33-22)23(30)28(24)15-7-4-3-5-8-15/h3-5,7-8H,6,9-10,12H2,1-2H3,(H,26,29). The number of thiophene rings is 2. The van der Waals surface area contributed by atoms with Crippen LogP contribution in [0.3, 0.4) is 0 Å². The van der Waals surface area contributed by atoms with E-state index < -0.39 is 0 Å². The average Bonchev–Trinajstić information content (AvgIpc) is 3.46. The van der Waals surface area contributed by atoms with Gasteiger partial charge in [-0.05, 0) is 56.4 Å². The number of carbonyl (C=O) groups excluding carboxylic acids is 1. The number of carbonyl (C=O) groups is 1. The number of nitrogens with zero attached hydrogens (tertiary/aromatic N) is 3. The monoisotopic (exact) mass is 492 g/mol. The molecule has 1 aromatic carbocycles. The zero-order chi connectivity index (χ0) is 23.1. The minimum Gasteiger partial charge on any atom is -0.316 e. The Bertz CT molecular complexity index is 1490. The second kappa shape index (κ2) is 8.78. The van der Waals surface area contributed by atoms with Gasteiger partial charge in [-0.1, -0.05) is 30.0 Å². The van der Waals surface area contributed by atoms with Gasteiger partial charge in [0, 0.05) is 9.75 Å². The molecule has 0 spiro atoms. The molecule has 1 amide bonds. The van der Waals surface area contributed by atoms with Crippen LogP contribution in [0.5, 0.6) is 0 Å². The number of nitrogens with one attached hydrogen (secondary N) is 1. The first-order chi connectivity index (χ1) is 16.0. The van der Waals surface area contributed by atoms with E-state index in [1.54, 1.807) is 15.9 Å². The predicted molar refractivity (Wildman–Crippen MR) is 135 cm³/mol. The van der Waals surface area contributed by atoms with Gasteiger partial charge >= 0.3 is 0 Å². The second-order valence-electron chi connectivity index (χ2n) is 7.84. The van der Waals surface area contributed by atoms with Gasteiger partial charge in [0.25, 0.3) is 5.56 Å². The van der Waals surface area contributed by atoms with Gasteiger partial charge in [-0.3, -0.25) is 14.2 Å². The maximum Gasteiger partial charge on any atom is 0.267 e. The number of aryl methyl sites for hydroxylation is 3. The van der Waals surface area contributed by atoms with Gasteiger partial charge in [-0.25, -0.2) is 4.98 Å². The fourth-order valence-corrected chi connectivity index (χ4v) is 7.21. The van der Waals surface area contributed by atoms with Crippen LogP contribution in [0.15, 0.2) is 40.3 Å². The topological polar surface area (TPSA) is 87.8 Å². The number of thioether (sulfide) groups is 1. The van der Waals surface area contributed by atoms with Crippen molar-refractivity contribution in [3.63, 3.8) is 0 Å². The number of rotatable bonds is 5. The van der Waals surface area contributed by atoms with Gasteiger partial charge in [0.1, 0.15) is 15.9 Å². The van der Waals surface area contributed by atoms with Crippen LogP contribution in [0.1, 0.15) is 32.9 Å². The summed E-state index contributed by atoms with van der Waals surface area (Å²) in [5.74, 6) is -0.156. The summed E-state index contributed by atoms with van der Waals surface area (Å²) in [6.45, 7) is 3.81. The van der Waals surface area contributed by atoms with Gasteiger partial charge in [-0.15, -0.1) is 22.7 Å². The lowest BCUT2D eigenvalue weighted by Gasteiger charge is -2.12. The maximum atomic E-state index is 13.6. The molecule has 0 radical (unpaired) electrons. The summed E-state index contributed by atoms with van der Waals surface area (Å²) in [5, 5.41) is 14.1. The van der Waals surface area contributed by atoms with Crippen molar-refractivity contribution in [3.05, 3.63) is 67.1 Å². The molecule has 3 aromatic heterocycles. The third-order valence-electron chi connectivity index (χ3n) is 5.80. The Balaban J connectivity index is 1.49. The van der Waals surface area contributed by atoms with Crippen molar-refractivity contribution >= 4 is 55.6 Å². The Morgan fingerprint density at radius 1 is 1.24 bits per heavy atom. The SMILES string of the molecule is Cc1sc(NC(=O)CSc2nc3sc4c(c3c(=O)n2-c2ccccc2)CCC4)c(C#N)c1C. The zero-order valence-corrected chi connectivity index (χ0v) is 20.5. The molecule has 0 fully saturated rings. The van der Waals surface area contributed by atoms with Crippen LogP contribution in [-0.4, -0.2) is 21.2 Å². The van der Waals surface area contributed by atoms with Gasteiger partial charge in [0.05, 0.1) is 22.4 Å². The van der Waals surface area contributed by atoms with Crippen LogP contribution in [-0.2, 0) is 17.6 Å². The first-order valence-corrected chi connectivity index (χ1v) is 13.1. The summed E-state index contributed by atoms with van der Waals surface area (Å²) < 4.78 is 1.62. The van der Waals surface area contributed by atoms with Gasteiger partial charge in [-0.2, -0.15) is 5.26 Å². The summed E-state index contributed by atoms with van der Waals surface area (Å²) in [6.07, 6.45) is 2.98. The van der Waals surface area contributed by atoms with E-state index in [-0.39, 0.29) is 17.2 Å². The first-order valence-electron chi connectivity index (χ1n) is 10.5. The number of para-hydroxylation sites is 1. The lowest BCUT2D eigenvalue weighted by atomic mass is 10.2. The summed E-state index contributed by atoms with van der Waals surface area (Å²) in [7, 11) is 0. The van der Waals surface area contributed by atoms with E-state index in [0.29, 0.717) is 21.1 Å². The Morgan fingerprint density at radius 2 is 2.03 bits per heavy atom. The number of aromatic nitrogens is 2. The molecule has 0 bridgehead atoms. The third kappa shape index (κ3) is 3.88. The Kier molecular flexibility index (Phi) is 5.83. The van der Waals surface area contributed by atoms with Crippen molar-refractivity contribution in [2.75, 3.05) is 11.1 Å². The minimum absolute atomic E-state index is 0.0789. The van der Waals surface area contributed by atoms with Crippen molar-refractivity contribution < 1.29 is 4.79 Å². The second-order valence-corrected chi connectivity index (χ2v) is 11.1. The largest absolute Gasteiger partial charge is 0.316 e. The highest BCUT2D eigenvalue weighted by atomic mass is 32.2. The highest BCUT2D eigenvalue weighted by Crippen LogP contribution is 2.36. The van der Waals surface area contributed by atoms with Crippen LogP contribution in [0.25, 0.3) is 15.9 Å². The average molecular weight is 493 g/mol. The van der Waals surface area contributed by atoms with Crippen LogP contribution in [0, 0.1) is 25.2 Å². The smallest absolute Gasteiger partial charge is 0.267 e. The van der Waals surface area contributed by atoms with Gasteiger partial charge in [0.15, 0.2) is 5.16 Å². The van der Waals surface area contributed by atoms with E-state index in [1.807, 2.05) is 44.2 Å².